The van der Waals surface area contributed by atoms with Crippen molar-refractivity contribution in [3.05, 3.63) is 64.7 Å². The molecule has 0 aliphatic carbocycles. The second-order valence-corrected chi connectivity index (χ2v) is 8.39. The number of amides is 1. The van der Waals surface area contributed by atoms with Gasteiger partial charge in [0.1, 0.15) is 0 Å². The summed E-state index contributed by atoms with van der Waals surface area (Å²) in [6.07, 6.45) is 0. The number of anilines is 1. The second kappa shape index (κ2) is 7.89. The first kappa shape index (κ1) is 19.3. The Morgan fingerprint density at radius 2 is 1.84 bits per heavy atom. The highest BCUT2D eigenvalue weighted by atomic mass is 35.5. The molecule has 7 heteroatoms. The van der Waals surface area contributed by atoms with E-state index in [1.54, 1.807) is 43.3 Å². The Morgan fingerprint density at radius 3 is 2.44 bits per heavy atom. The van der Waals surface area contributed by atoms with Crippen molar-refractivity contribution in [2.45, 2.75) is 19.9 Å². The number of hydrogen-bond acceptors (Lipinski definition) is 3. The van der Waals surface area contributed by atoms with Crippen LogP contribution in [0.3, 0.4) is 0 Å². The zero-order valence-electron chi connectivity index (χ0n) is 14.4. The first-order valence-electron chi connectivity index (χ1n) is 7.87. The van der Waals surface area contributed by atoms with Gasteiger partial charge in [0, 0.05) is 17.6 Å². The molecule has 1 unspecified atom stereocenters. The molecule has 0 radical (unpaired) electrons. The molecular formula is C18H21ClN2O3S. The van der Waals surface area contributed by atoms with Gasteiger partial charge < -0.3 is 5.32 Å². The van der Waals surface area contributed by atoms with Crippen LogP contribution in [0.5, 0.6) is 0 Å². The van der Waals surface area contributed by atoms with E-state index >= 15 is 0 Å². The first-order chi connectivity index (χ1) is 11.7. The number of halogens is 1. The fraction of sp³-hybridized carbons (Fsp3) is 0.278. The van der Waals surface area contributed by atoms with Crippen LogP contribution >= 0.6 is 11.6 Å². The summed E-state index contributed by atoms with van der Waals surface area (Å²) >= 11 is 5.87. The Morgan fingerprint density at radius 1 is 1.20 bits per heavy atom. The fourth-order valence-corrected chi connectivity index (χ4v) is 3.26. The molecular weight excluding hydrogens is 360 g/mol. The van der Waals surface area contributed by atoms with Gasteiger partial charge >= 0.3 is 0 Å². The SMILES string of the molecule is CCS(=O)(=O)N(C)c1cccc(C(=O)NC(C)c2ccc(Cl)cc2)c1. The van der Waals surface area contributed by atoms with Crippen LogP contribution in [0.15, 0.2) is 48.5 Å². The highest BCUT2D eigenvalue weighted by Crippen LogP contribution is 2.20. The van der Waals surface area contributed by atoms with Crippen LogP contribution in [-0.2, 0) is 10.0 Å². The second-order valence-electron chi connectivity index (χ2n) is 5.67. The van der Waals surface area contributed by atoms with E-state index < -0.39 is 10.0 Å². The Kier molecular flexibility index (Phi) is 6.08. The topological polar surface area (TPSA) is 66.5 Å². The number of carbonyl (C=O) groups excluding carboxylic acids is 1. The normalized spacial score (nSPS) is 12.5. The Balaban J connectivity index is 2.17. The van der Waals surface area contributed by atoms with Crippen LogP contribution in [0.1, 0.15) is 35.8 Å². The van der Waals surface area contributed by atoms with Crippen LogP contribution in [0.4, 0.5) is 5.69 Å². The van der Waals surface area contributed by atoms with Crippen molar-refractivity contribution in [2.24, 2.45) is 0 Å². The van der Waals surface area contributed by atoms with Crippen LogP contribution in [0, 0.1) is 0 Å². The van der Waals surface area contributed by atoms with E-state index in [4.69, 9.17) is 11.6 Å². The van der Waals surface area contributed by atoms with Gasteiger partial charge in [0.25, 0.3) is 5.91 Å². The average molecular weight is 381 g/mol. The molecule has 1 amide bonds. The fourth-order valence-electron chi connectivity index (χ4n) is 2.31. The van der Waals surface area contributed by atoms with Gasteiger partial charge in [-0.25, -0.2) is 8.42 Å². The molecule has 1 atom stereocenters. The van der Waals surface area contributed by atoms with E-state index in [9.17, 15) is 13.2 Å². The van der Waals surface area contributed by atoms with Crippen LogP contribution in [-0.4, -0.2) is 27.1 Å². The monoisotopic (exact) mass is 380 g/mol. The molecule has 5 nitrogen and oxygen atoms in total. The lowest BCUT2D eigenvalue weighted by molar-refractivity contribution is 0.0940. The number of hydrogen-bond donors (Lipinski definition) is 1. The van der Waals surface area contributed by atoms with E-state index in [1.165, 1.54) is 11.4 Å². The lowest BCUT2D eigenvalue weighted by Gasteiger charge is -2.19. The third kappa shape index (κ3) is 4.74. The van der Waals surface area contributed by atoms with Crippen molar-refractivity contribution in [2.75, 3.05) is 17.1 Å². The van der Waals surface area contributed by atoms with Crippen molar-refractivity contribution < 1.29 is 13.2 Å². The standard InChI is InChI=1S/C18H21ClN2O3S/c1-4-25(23,24)21(3)17-7-5-6-15(12-17)18(22)20-13(2)14-8-10-16(19)11-9-14/h5-13H,4H2,1-3H3,(H,20,22). The van der Waals surface area contributed by atoms with Gasteiger partial charge in [-0.1, -0.05) is 29.8 Å². The van der Waals surface area contributed by atoms with Gasteiger partial charge in [0.2, 0.25) is 10.0 Å². The summed E-state index contributed by atoms with van der Waals surface area (Å²) in [5.74, 6) is -0.278. The van der Waals surface area contributed by atoms with Crippen molar-refractivity contribution in [3.8, 4) is 0 Å². The van der Waals surface area contributed by atoms with Crippen molar-refractivity contribution >= 4 is 33.2 Å². The minimum atomic E-state index is -3.37. The first-order valence-corrected chi connectivity index (χ1v) is 9.86. The number of nitrogens with one attached hydrogen (secondary N) is 1. The highest BCUT2D eigenvalue weighted by Gasteiger charge is 2.18. The molecule has 0 saturated heterocycles. The Bertz CT molecular complexity index is 851. The molecule has 0 heterocycles. The van der Waals surface area contributed by atoms with Crippen molar-refractivity contribution in [3.63, 3.8) is 0 Å². The van der Waals surface area contributed by atoms with Gasteiger partial charge in [0.05, 0.1) is 17.5 Å². The lowest BCUT2D eigenvalue weighted by Crippen LogP contribution is -2.29. The molecule has 2 aromatic carbocycles. The molecule has 0 aliphatic heterocycles. The molecule has 2 rings (SSSR count). The third-order valence-electron chi connectivity index (χ3n) is 3.97. The van der Waals surface area contributed by atoms with Gasteiger partial charge in [-0.15, -0.1) is 0 Å². The molecule has 134 valence electrons. The van der Waals surface area contributed by atoms with Gasteiger partial charge in [-0.3, -0.25) is 9.10 Å². The van der Waals surface area contributed by atoms with E-state index in [2.05, 4.69) is 5.32 Å². The summed E-state index contributed by atoms with van der Waals surface area (Å²) in [7, 11) is -1.90. The maximum atomic E-state index is 12.5. The lowest BCUT2D eigenvalue weighted by atomic mass is 10.1. The number of rotatable bonds is 6. The number of carbonyl (C=O) groups is 1. The predicted molar refractivity (Wildman–Crippen MR) is 102 cm³/mol. The third-order valence-corrected chi connectivity index (χ3v) is 6.00. The molecule has 0 bridgehead atoms. The zero-order valence-corrected chi connectivity index (χ0v) is 15.9. The quantitative estimate of drug-likeness (QED) is 0.832. The van der Waals surface area contributed by atoms with Gasteiger partial charge in [-0.05, 0) is 49.7 Å². The molecule has 2 aromatic rings. The van der Waals surface area contributed by atoms with Gasteiger partial charge in [-0.2, -0.15) is 0 Å². The Hall–Kier alpha value is -2.05. The molecule has 0 saturated carbocycles. The summed E-state index contributed by atoms with van der Waals surface area (Å²) in [5, 5.41) is 3.54. The van der Waals surface area contributed by atoms with Crippen LogP contribution in [0.25, 0.3) is 0 Å². The maximum absolute atomic E-state index is 12.5. The van der Waals surface area contributed by atoms with E-state index in [-0.39, 0.29) is 17.7 Å². The summed E-state index contributed by atoms with van der Waals surface area (Å²) < 4.78 is 25.2. The summed E-state index contributed by atoms with van der Waals surface area (Å²) in [5.41, 5.74) is 1.78. The maximum Gasteiger partial charge on any atom is 0.251 e. The van der Waals surface area contributed by atoms with E-state index in [0.29, 0.717) is 16.3 Å². The smallest absolute Gasteiger partial charge is 0.251 e. The summed E-state index contributed by atoms with van der Waals surface area (Å²) in [4.78, 5) is 12.5. The number of nitrogens with zero attached hydrogens (tertiary/aromatic N) is 1. The van der Waals surface area contributed by atoms with Crippen LogP contribution in [0.2, 0.25) is 5.02 Å². The average Bonchev–Trinajstić information content (AvgIpc) is 2.61. The minimum Gasteiger partial charge on any atom is -0.346 e. The van der Waals surface area contributed by atoms with E-state index in [0.717, 1.165) is 5.56 Å². The minimum absolute atomic E-state index is 0.00642. The Labute approximate surface area is 153 Å². The molecule has 0 fully saturated rings. The largest absolute Gasteiger partial charge is 0.346 e. The predicted octanol–water partition coefficient (Wildman–Crippen LogP) is 3.62. The van der Waals surface area contributed by atoms with Crippen molar-refractivity contribution in [1.29, 1.82) is 0 Å². The van der Waals surface area contributed by atoms with Crippen molar-refractivity contribution in [1.82, 2.24) is 5.32 Å². The molecule has 0 spiro atoms. The number of benzene rings is 2. The number of sulfonamides is 1. The summed E-state index contributed by atoms with van der Waals surface area (Å²) in [6.45, 7) is 3.45. The van der Waals surface area contributed by atoms with Gasteiger partial charge in [0.15, 0.2) is 0 Å². The van der Waals surface area contributed by atoms with E-state index in [1.807, 2.05) is 19.1 Å². The summed E-state index contributed by atoms with van der Waals surface area (Å²) in [6, 6.07) is 13.6. The molecule has 0 aromatic heterocycles. The molecule has 1 N–H and O–H groups in total. The molecule has 0 aliphatic rings. The van der Waals surface area contributed by atoms with Crippen LogP contribution < -0.4 is 9.62 Å². The molecule has 25 heavy (non-hydrogen) atoms. The highest BCUT2D eigenvalue weighted by molar-refractivity contribution is 7.92. The zero-order chi connectivity index (χ0) is 18.6.